The second-order valence-electron chi connectivity index (χ2n) is 5.22. The number of hydrogen-bond donors (Lipinski definition) is 1. The maximum Gasteiger partial charge on any atom is 0.228 e. The Bertz CT molecular complexity index is 423. The Balaban J connectivity index is 1.81. The number of anilines is 1. The molecule has 0 saturated carbocycles. The van der Waals surface area contributed by atoms with Gasteiger partial charge < -0.3 is 15.0 Å². The zero-order valence-corrected chi connectivity index (χ0v) is 11.0. The van der Waals surface area contributed by atoms with Crippen LogP contribution in [-0.2, 0) is 0 Å². The van der Waals surface area contributed by atoms with Crippen LogP contribution in [0.4, 0.5) is 5.95 Å². The van der Waals surface area contributed by atoms with Gasteiger partial charge in [0.05, 0.1) is 7.11 Å². The number of aryl methyl sites for hydroxylation is 1. The van der Waals surface area contributed by atoms with E-state index in [1.165, 1.54) is 12.8 Å². The number of nitrogens with one attached hydrogen (secondary N) is 1. The van der Waals surface area contributed by atoms with Gasteiger partial charge in [-0.1, -0.05) is 0 Å². The van der Waals surface area contributed by atoms with Crippen molar-refractivity contribution in [1.82, 2.24) is 15.3 Å². The fraction of sp³-hybridized carbons (Fsp3) is 0.692. The number of aromatic nitrogens is 2. The van der Waals surface area contributed by atoms with Crippen molar-refractivity contribution >= 4 is 5.95 Å². The third kappa shape index (κ3) is 2.14. The highest BCUT2D eigenvalue weighted by Gasteiger charge is 2.35. The predicted octanol–water partition coefficient (Wildman–Crippen LogP) is 0.982. The topological polar surface area (TPSA) is 50.3 Å². The first-order valence-corrected chi connectivity index (χ1v) is 6.64. The van der Waals surface area contributed by atoms with Crippen molar-refractivity contribution in [3.8, 4) is 5.88 Å². The van der Waals surface area contributed by atoms with E-state index in [1.807, 2.05) is 13.0 Å². The van der Waals surface area contributed by atoms with Crippen molar-refractivity contribution in [1.29, 1.82) is 0 Å². The molecule has 0 spiro atoms. The van der Waals surface area contributed by atoms with Gasteiger partial charge in [0, 0.05) is 30.9 Å². The zero-order valence-electron chi connectivity index (χ0n) is 11.0. The number of hydrogen-bond acceptors (Lipinski definition) is 5. The van der Waals surface area contributed by atoms with Crippen molar-refractivity contribution in [3.63, 3.8) is 0 Å². The molecule has 3 rings (SSSR count). The summed E-state index contributed by atoms with van der Waals surface area (Å²) < 4.78 is 5.22. The van der Waals surface area contributed by atoms with Crippen LogP contribution in [0.3, 0.4) is 0 Å². The van der Waals surface area contributed by atoms with Gasteiger partial charge >= 0.3 is 0 Å². The molecule has 98 valence electrons. The van der Waals surface area contributed by atoms with Crippen molar-refractivity contribution in [2.75, 3.05) is 31.6 Å². The number of rotatable bonds is 2. The first-order chi connectivity index (χ1) is 8.76. The van der Waals surface area contributed by atoms with Crippen LogP contribution in [0.5, 0.6) is 5.88 Å². The molecule has 1 N–H and O–H groups in total. The molecule has 3 heterocycles. The molecule has 1 aromatic heterocycles. The fourth-order valence-electron chi connectivity index (χ4n) is 2.98. The van der Waals surface area contributed by atoms with Gasteiger partial charge in [-0.25, -0.2) is 4.98 Å². The van der Waals surface area contributed by atoms with E-state index in [1.54, 1.807) is 7.11 Å². The molecular weight excluding hydrogens is 228 g/mol. The summed E-state index contributed by atoms with van der Waals surface area (Å²) in [6.45, 7) is 5.20. The molecule has 0 aliphatic carbocycles. The number of ether oxygens (including phenoxy) is 1. The lowest BCUT2D eigenvalue weighted by atomic mass is 9.94. The van der Waals surface area contributed by atoms with Crippen LogP contribution in [0.2, 0.25) is 0 Å². The number of piperidine rings is 1. The van der Waals surface area contributed by atoms with Gasteiger partial charge in [-0.15, -0.1) is 0 Å². The van der Waals surface area contributed by atoms with Crippen molar-refractivity contribution < 1.29 is 4.74 Å². The second-order valence-corrected chi connectivity index (χ2v) is 5.22. The molecule has 5 nitrogen and oxygen atoms in total. The first-order valence-electron chi connectivity index (χ1n) is 6.64. The largest absolute Gasteiger partial charge is 0.481 e. The van der Waals surface area contributed by atoms with Gasteiger partial charge in [0.2, 0.25) is 11.8 Å². The standard InChI is InChI=1S/C13H20N4O/c1-9-6-12(18-2)16-13(15-9)17-7-10-4-3-5-14-11(10)8-17/h6,10-11,14H,3-5,7-8H2,1-2H3. The molecule has 2 saturated heterocycles. The maximum absolute atomic E-state index is 5.22. The van der Waals surface area contributed by atoms with E-state index in [0.29, 0.717) is 11.9 Å². The number of fused-ring (bicyclic) bond motifs is 1. The summed E-state index contributed by atoms with van der Waals surface area (Å²) in [5, 5.41) is 3.60. The lowest BCUT2D eigenvalue weighted by Crippen LogP contribution is -2.40. The minimum Gasteiger partial charge on any atom is -0.481 e. The first kappa shape index (κ1) is 11.7. The zero-order chi connectivity index (χ0) is 12.5. The van der Waals surface area contributed by atoms with Crippen LogP contribution in [0, 0.1) is 12.8 Å². The van der Waals surface area contributed by atoms with Crippen LogP contribution < -0.4 is 15.0 Å². The summed E-state index contributed by atoms with van der Waals surface area (Å²) in [5.41, 5.74) is 0.958. The Morgan fingerprint density at radius 2 is 2.28 bits per heavy atom. The van der Waals surface area contributed by atoms with Crippen LogP contribution in [0.25, 0.3) is 0 Å². The molecule has 2 aliphatic rings. The monoisotopic (exact) mass is 248 g/mol. The molecule has 5 heteroatoms. The molecular formula is C13H20N4O. The molecule has 1 aromatic rings. The third-order valence-corrected chi connectivity index (χ3v) is 3.91. The van der Waals surface area contributed by atoms with Gasteiger partial charge in [0.15, 0.2) is 0 Å². The van der Waals surface area contributed by atoms with Crippen molar-refractivity contribution in [2.45, 2.75) is 25.8 Å². The molecule has 0 bridgehead atoms. The minimum absolute atomic E-state index is 0.605. The van der Waals surface area contributed by atoms with E-state index in [2.05, 4.69) is 20.2 Å². The normalized spacial score (nSPS) is 27.1. The highest BCUT2D eigenvalue weighted by Crippen LogP contribution is 2.28. The summed E-state index contributed by atoms with van der Waals surface area (Å²) >= 11 is 0. The quantitative estimate of drug-likeness (QED) is 0.845. The second kappa shape index (κ2) is 4.72. The lowest BCUT2D eigenvalue weighted by molar-refractivity contribution is 0.340. The highest BCUT2D eigenvalue weighted by atomic mass is 16.5. The molecule has 0 aromatic carbocycles. The molecule has 18 heavy (non-hydrogen) atoms. The van der Waals surface area contributed by atoms with Crippen LogP contribution in [0.1, 0.15) is 18.5 Å². The Kier molecular flexibility index (Phi) is 3.07. The Morgan fingerprint density at radius 3 is 3.06 bits per heavy atom. The molecule has 2 atom stereocenters. The van der Waals surface area contributed by atoms with Crippen LogP contribution in [0.15, 0.2) is 6.07 Å². The average molecular weight is 248 g/mol. The van der Waals surface area contributed by atoms with E-state index < -0.39 is 0 Å². The molecule has 2 aliphatic heterocycles. The van der Waals surface area contributed by atoms with Gasteiger partial charge in [-0.3, -0.25) is 0 Å². The van der Waals surface area contributed by atoms with Gasteiger partial charge in [-0.05, 0) is 32.2 Å². The smallest absolute Gasteiger partial charge is 0.228 e. The fourth-order valence-corrected chi connectivity index (χ4v) is 2.98. The molecule has 0 radical (unpaired) electrons. The lowest BCUT2D eigenvalue weighted by Gasteiger charge is -2.24. The van der Waals surface area contributed by atoms with Crippen molar-refractivity contribution in [2.24, 2.45) is 5.92 Å². The van der Waals surface area contributed by atoms with E-state index in [4.69, 9.17) is 4.74 Å². The molecule has 0 amide bonds. The van der Waals surface area contributed by atoms with E-state index in [-0.39, 0.29) is 0 Å². The van der Waals surface area contributed by atoms with Gasteiger partial charge in [-0.2, -0.15) is 4.98 Å². The summed E-state index contributed by atoms with van der Waals surface area (Å²) in [5.74, 6) is 2.21. The van der Waals surface area contributed by atoms with E-state index in [9.17, 15) is 0 Å². The summed E-state index contributed by atoms with van der Waals surface area (Å²) in [6.07, 6.45) is 2.60. The Morgan fingerprint density at radius 1 is 1.39 bits per heavy atom. The van der Waals surface area contributed by atoms with Crippen LogP contribution >= 0.6 is 0 Å². The SMILES string of the molecule is COc1cc(C)nc(N2CC3CCCNC3C2)n1. The average Bonchev–Trinajstić information content (AvgIpc) is 2.81. The highest BCUT2D eigenvalue weighted by molar-refractivity contribution is 5.37. The van der Waals surface area contributed by atoms with E-state index in [0.717, 1.165) is 37.2 Å². The summed E-state index contributed by atoms with van der Waals surface area (Å²) in [7, 11) is 1.65. The van der Waals surface area contributed by atoms with Crippen LogP contribution in [-0.4, -0.2) is 42.8 Å². The van der Waals surface area contributed by atoms with Crippen molar-refractivity contribution in [3.05, 3.63) is 11.8 Å². The summed E-state index contributed by atoms with van der Waals surface area (Å²) in [4.78, 5) is 11.3. The van der Waals surface area contributed by atoms with Gasteiger partial charge in [0.25, 0.3) is 0 Å². The number of nitrogens with zero attached hydrogens (tertiary/aromatic N) is 3. The van der Waals surface area contributed by atoms with E-state index >= 15 is 0 Å². The molecule has 2 unspecified atom stereocenters. The Labute approximate surface area is 108 Å². The minimum atomic E-state index is 0.605. The molecule has 2 fully saturated rings. The summed E-state index contributed by atoms with van der Waals surface area (Å²) in [6, 6.07) is 2.47. The predicted molar refractivity (Wildman–Crippen MR) is 70.0 cm³/mol. The van der Waals surface area contributed by atoms with Gasteiger partial charge in [0.1, 0.15) is 0 Å². The third-order valence-electron chi connectivity index (χ3n) is 3.91. The Hall–Kier alpha value is -1.36. The maximum atomic E-state index is 5.22. The number of methoxy groups -OCH3 is 1.